The van der Waals surface area contributed by atoms with Gasteiger partial charge in [-0.15, -0.1) is 0 Å². The number of ether oxygens (including phenoxy) is 1. The van der Waals surface area contributed by atoms with E-state index in [1.165, 1.54) is 10.9 Å². The van der Waals surface area contributed by atoms with E-state index in [0.717, 1.165) is 17.5 Å². The van der Waals surface area contributed by atoms with Crippen LogP contribution in [0.25, 0.3) is 5.82 Å². The third kappa shape index (κ3) is 5.65. The number of aliphatic imine (C=N–C) groups is 1. The van der Waals surface area contributed by atoms with Crippen LogP contribution in [0.4, 0.5) is 10.2 Å². The number of hydrogen-bond donors (Lipinski definition) is 3. The molecule has 2 aliphatic rings. The van der Waals surface area contributed by atoms with E-state index in [1.807, 2.05) is 38.1 Å². The van der Waals surface area contributed by atoms with Crippen LogP contribution in [-0.4, -0.2) is 55.5 Å². The highest BCUT2D eigenvalue weighted by Crippen LogP contribution is 2.40. The number of pyridine rings is 1. The van der Waals surface area contributed by atoms with E-state index in [9.17, 15) is 14.4 Å². The van der Waals surface area contributed by atoms with Gasteiger partial charge >= 0.3 is 0 Å². The summed E-state index contributed by atoms with van der Waals surface area (Å²) < 4.78 is 20.5. The molecule has 12 heteroatoms. The molecule has 0 saturated heterocycles. The van der Waals surface area contributed by atoms with Crippen LogP contribution in [0, 0.1) is 35.9 Å². The highest BCUT2D eigenvalue weighted by Gasteiger charge is 2.45. The van der Waals surface area contributed by atoms with Crippen molar-refractivity contribution < 1.29 is 13.9 Å². The number of carbonyl (C=O) groups is 1. The summed E-state index contributed by atoms with van der Waals surface area (Å²) in [6.45, 7) is 3.80. The Labute approximate surface area is 231 Å². The summed E-state index contributed by atoms with van der Waals surface area (Å²) in [4.78, 5) is 22.7. The summed E-state index contributed by atoms with van der Waals surface area (Å²) in [6.07, 6.45) is 10.1. The van der Waals surface area contributed by atoms with Gasteiger partial charge in [-0.3, -0.25) is 14.9 Å². The highest BCUT2D eigenvalue weighted by atomic mass is 19.1. The summed E-state index contributed by atoms with van der Waals surface area (Å²) in [5.74, 6) is 0.977. The lowest BCUT2D eigenvalue weighted by Crippen LogP contribution is -2.52. The van der Waals surface area contributed by atoms with Crippen molar-refractivity contribution in [3.8, 4) is 11.9 Å². The van der Waals surface area contributed by atoms with Gasteiger partial charge in [0.25, 0.3) is 5.91 Å². The normalized spacial score (nSPS) is 25.1. The van der Waals surface area contributed by atoms with Gasteiger partial charge in [0.1, 0.15) is 11.4 Å². The lowest BCUT2D eigenvalue weighted by molar-refractivity contribution is -0.149. The molecule has 4 heterocycles. The van der Waals surface area contributed by atoms with Crippen LogP contribution in [0.2, 0.25) is 0 Å². The van der Waals surface area contributed by atoms with Gasteiger partial charge in [0.05, 0.1) is 36.5 Å². The zero-order valence-corrected chi connectivity index (χ0v) is 22.6. The van der Waals surface area contributed by atoms with Gasteiger partial charge in [0, 0.05) is 25.1 Å². The zero-order valence-electron chi connectivity index (χ0n) is 22.6. The average molecular weight is 546 g/mol. The van der Waals surface area contributed by atoms with E-state index in [2.05, 4.69) is 37.0 Å². The first kappa shape index (κ1) is 27.2. The van der Waals surface area contributed by atoms with Gasteiger partial charge in [0.15, 0.2) is 17.5 Å². The number of methoxy groups -OCH3 is 1. The van der Waals surface area contributed by atoms with Gasteiger partial charge in [-0.1, -0.05) is 12.1 Å². The minimum Gasteiger partial charge on any atom is -0.368 e. The first-order chi connectivity index (χ1) is 19.3. The number of H-pyrrole nitrogens is 1. The van der Waals surface area contributed by atoms with Crippen molar-refractivity contribution in [2.45, 2.75) is 57.2 Å². The Balaban J connectivity index is 1.22. The Morgan fingerprint density at radius 2 is 2.12 bits per heavy atom. The molecule has 1 amide bonds. The molecule has 1 fully saturated rings. The molecule has 3 atom stereocenters. The van der Waals surface area contributed by atoms with Crippen molar-refractivity contribution in [3.63, 3.8) is 0 Å². The van der Waals surface area contributed by atoms with Gasteiger partial charge in [-0.05, 0) is 63.2 Å². The number of aromatic nitrogens is 5. The number of nitrogens with one attached hydrogen (secondary N) is 3. The maximum atomic E-state index is 13.5. The number of hydrogen-bond acceptors (Lipinski definition) is 8. The van der Waals surface area contributed by atoms with Crippen molar-refractivity contribution in [1.29, 1.82) is 5.26 Å². The topological polar surface area (TPSA) is 146 Å². The van der Waals surface area contributed by atoms with E-state index >= 15 is 0 Å². The lowest BCUT2D eigenvalue weighted by atomic mass is 9.72. The molecule has 5 rings (SSSR count). The van der Waals surface area contributed by atoms with Crippen LogP contribution >= 0.6 is 0 Å². The molecular weight excluding hydrogens is 513 g/mol. The first-order valence-electron chi connectivity index (χ1n) is 13.3. The van der Waals surface area contributed by atoms with Crippen LogP contribution in [-0.2, 0) is 9.53 Å². The molecule has 1 aliphatic carbocycles. The van der Waals surface area contributed by atoms with Crippen LogP contribution in [0.3, 0.4) is 0 Å². The van der Waals surface area contributed by atoms with E-state index in [0.29, 0.717) is 43.2 Å². The molecule has 3 N–H and O–H groups in total. The van der Waals surface area contributed by atoms with Crippen LogP contribution in [0.5, 0.6) is 0 Å². The number of nitrogens with zero attached hydrogens (tertiary/aromatic N) is 6. The number of amidine groups is 1. The maximum absolute atomic E-state index is 13.5. The smallest absolute Gasteiger partial charge is 0.252 e. The number of amides is 1. The molecule has 0 aromatic carbocycles. The average Bonchev–Trinajstić information content (AvgIpc) is 3.60. The number of rotatable bonds is 7. The van der Waals surface area contributed by atoms with E-state index in [-0.39, 0.29) is 29.8 Å². The molecule has 40 heavy (non-hydrogen) atoms. The second-order valence-corrected chi connectivity index (χ2v) is 10.4. The monoisotopic (exact) mass is 545 g/mol. The number of nitriles is 1. The fraction of sp³-hybridized carbons (Fsp3) is 0.429. The highest BCUT2D eigenvalue weighted by molar-refractivity contribution is 6.04. The molecule has 0 spiro atoms. The summed E-state index contributed by atoms with van der Waals surface area (Å²) >= 11 is 0. The van der Waals surface area contributed by atoms with Crippen molar-refractivity contribution in [3.05, 3.63) is 66.0 Å². The van der Waals surface area contributed by atoms with E-state index in [4.69, 9.17) is 9.73 Å². The quantitative estimate of drug-likeness (QED) is 0.410. The Hall–Kier alpha value is -4.37. The third-order valence-electron chi connectivity index (χ3n) is 7.76. The number of aryl methyl sites for hydroxylation is 1. The predicted octanol–water partition coefficient (Wildman–Crippen LogP) is 3.78. The third-order valence-corrected chi connectivity index (χ3v) is 7.76. The number of halogens is 1. The summed E-state index contributed by atoms with van der Waals surface area (Å²) in [5.41, 5.74) is 0.774. The Bertz CT molecular complexity index is 1440. The molecular formula is C28H32FN9O2. The van der Waals surface area contributed by atoms with Crippen LogP contribution in [0.15, 0.2) is 53.9 Å². The molecule has 1 saturated carbocycles. The molecule has 208 valence electrons. The first-order valence-corrected chi connectivity index (χ1v) is 13.3. The second kappa shape index (κ2) is 11.4. The molecule has 3 aromatic heterocycles. The number of aromatic amines is 1. The van der Waals surface area contributed by atoms with Gasteiger partial charge in [-0.2, -0.15) is 15.5 Å². The van der Waals surface area contributed by atoms with Crippen molar-refractivity contribution in [1.82, 2.24) is 30.3 Å². The summed E-state index contributed by atoms with van der Waals surface area (Å²) in [5, 5.41) is 27.1. The summed E-state index contributed by atoms with van der Waals surface area (Å²) in [6, 6.07) is 7.28. The van der Waals surface area contributed by atoms with Crippen molar-refractivity contribution in [2.75, 3.05) is 12.4 Å². The van der Waals surface area contributed by atoms with Crippen LogP contribution in [0.1, 0.15) is 49.9 Å². The van der Waals surface area contributed by atoms with Crippen molar-refractivity contribution >= 4 is 17.6 Å². The number of dihydropyridines is 1. The minimum atomic E-state index is -0.964. The Morgan fingerprint density at radius 1 is 1.32 bits per heavy atom. The maximum Gasteiger partial charge on any atom is 0.252 e. The largest absolute Gasteiger partial charge is 0.368 e. The molecule has 1 aliphatic heterocycles. The Morgan fingerprint density at radius 3 is 2.73 bits per heavy atom. The van der Waals surface area contributed by atoms with E-state index < -0.39 is 11.4 Å². The standard InChI is InChI=1S/C28H32FN9O2/c1-17-12-24(37-36-17)34-23-6-4-20(13-30)26(35-23)19-8-10-28(40-3,11-9-19)27(39)33-18(2)21-5-7-25(31-14-21)38-16-22(29)15-32-38/h4-7,12,14-16,18-20,26H,8-11H2,1-3H3,(H,33,39)(H2,34,35,36,37)/t18-,19-,20?,26?,28-/m0/s1. The fourth-order valence-electron chi connectivity index (χ4n) is 5.40. The molecule has 3 aromatic rings. The SMILES string of the molecule is CO[C@]1(C(=O)N[C@@H](C)c2ccc(-n3cc(F)cn3)nc2)CC[C@@H](C2N=C(Nc3cc(C)[nH]n3)C=CC2C#N)CC1. The summed E-state index contributed by atoms with van der Waals surface area (Å²) in [7, 11) is 1.57. The van der Waals surface area contributed by atoms with E-state index in [1.54, 1.807) is 19.4 Å². The molecule has 0 bridgehead atoms. The fourth-order valence-corrected chi connectivity index (χ4v) is 5.40. The second-order valence-electron chi connectivity index (χ2n) is 10.4. The van der Waals surface area contributed by atoms with Gasteiger partial charge < -0.3 is 15.4 Å². The van der Waals surface area contributed by atoms with Gasteiger partial charge in [0.2, 0.25) is 0 Å². The van der Waals surface area contributed by atoms with Crippen LogP contribution < -0.4 is 10.6 Å². The van der Waals surface area contributed by atoms with Crippen molar-refractivity contribution in [2.24, 2.45) is 16.8 Å². The lowest BCUT2D eigenvalue weighted by Gasteiger charge is -2.41. The Kier molecular flexibility index (Phi) is 7.75. The molecule has 2 unspecified atom stereocenters. The molecule has 0 radical (unpaired) electrons. The minimum absolute atomic E-state index is 0.129. The number of anilines is 1. The number of carbonyl (C=O) groups excluding carboxylic acids is 1. The zero-order chi connectivity index (χ0) is 28.3. The predicted molar refractivity (Wildman–Crippen MR) is 146 cm³/mol. The van der Waals surface area contributed by atoms with Gasteiger partial charge in [-0.25, -0.2) is 14.1 Å². The molecule has 11 nitrogen and oxygen atoms in total.